The van der Waals surface area contributed by atoms with Crippen molar-refractivity contribution in [3.8, 4) is 5.75 Å². The summed E-state index contributed by atoms with van der Waals surface area (Å²) in [5, 5.41) is 9.79. The number of rotatable bonds is 2. The van der Waals surface area contributed by atoms with Crippen molar-refractivity contribution in [3.63, 3.8) is 0 Å². The Hall–Kier alpha value is -2.36. The van der Waals surface area contributed by atoms with Crippen molar-refractivity contribution >= 4 is 11.0 Å². The van der Waals surface area contributed by atoms with Crippen LogP contribution in [0.15, 0.2) is 42.7 Å². The molecule has 18 heavy (non-hydrogen) atoms. The molecule has 0 bridgehead atoms. The van der Waals surface area contributed by atoms with E-state index >= 15 is 0 Å². The molecule has 0 atom stereocenters. The Balaban J connectivity index is 2.06. The lowest BCUT2D eigenvalue weighted by Gasteiger charge is -2.04. The van der Waals surface area contributed by atoms with Crippen LogP contribution >= 0.6 is 0 Å². The fraction of sp³-hybridized carbons (Fsp3) is 0.143. The van der Waals surface area contributed by atoms with Crippen LogP contribution in [0.25, 0.3) is 11.0 Å². The Bertz CT molecular complexity index is 703. The molecule has 0 aliphatic rings. The van der Waals surface area contributed by atoms with Gasteiger partial charge in [-0.05, 0) is 12.1 Å². The van der Waals surface area contributed by atoms with Gasteiger partial charge >= 0.3 is 0 Å². The largest absolute Gasteiger partial charge is 0.508 e. The summed E-state index contributed by atoms with van der Waals surface area (Å²) in [6.45, 7) is 0. The molecule has 1 aromatic carbocycles. The molecule has 1 N–H and O–H groups in total. The number of aryl methyl sites for hydroxylation is 1. The molecule has 0 unspecified atom stereocenters. The number of hydrogen-bond acceptors (Lipinski definition) is 3. The number of benzene rings is 1. The number of fused-ring (bicyclic) bond motifs is 1. The van der Waals surface area contributed by atoms with E-state index in [4.69, 9.17) is 0 Å². The van der Waals surface area contributed by atoms with E-state index in [-0.39, 0.29) is 0 Å². The molecular weight excluding hydrogens is 226 g/mol. The minimum Gasteiger partial charge on any atom is -0.508 e. The number of pyridine rings is 1. The molecule has 0 aliphatic carbocycles. The van der Waals surface area contributed by atoms with Crippen LogP contribution in [-0.2, 0) is 13.5 Å². The second kappa shape index (κ2) is 4.14. The molecule has 0 spiro atoms. The third-order valence-electron chi connectivity index (χ3n) is 3.12. The molecule has 0 aliphatic heterocycles. The van der Waals surface area contributed by atoms with Gasteiger partial charge in [-0.1, -0.05) is 18.2 Å². The predicted octanol–water partition coefficient (Wildman–Crippen LogP) is 2.26. The fourth-order valence-electron chi connectivity index (χ4n) is 2.09. The maximum Gasteiger partial charge on any atom is 0.119 e. The van der Waals surface area contributed by atoms with Crippen molar-refractivity contribution in [1.29, 1.82) is 0 Å². The number of para-hydroxylation sites is 1. The molecular formula is C14H13N3O. The normalized spacial score (nSPS) is 10.9. The first-order valence-electron chi connectivity index (χ1n) is 5.78. The van der Waals surface area contributed by atoms with Crippen molar-refractivity contribution in [2.24, 2.45) is 7.05 Å². The molecule has 90 valence electrons. The van der Waals surface area contributed by atoms with E-state index in [1.807, 2.05) is 35.9 Å². The van der Waals surface area contributed by atoms with E-state index in [1.165, 1.54) is 0 Å². The van der Waals surface area contributed by atoms with Crippen LogP contribution in [0.4, 0.5) is 0 Å². The lowest BCUT2D eigenvalue weighted by atomic mass is 10.1. The second-order valence-corrected chi connectivity index (χ2v) is 4.26. The van der Waals surface area contributed by atoms with Crippen LogP contribution < -0.4 is 0 Å². The SMILES string of the molecule is Cn1c(Cc2ccccc2O)nc2cnccc21. The predicted molar refractivity (Wildman–Crippen MR) is 69.4 cm³/mol. The van der Waals surface area contributed by atoms with Crippen LogP contribution in [0.5, 0.6) is 5.75 Å². The van der Waals surface area contributed by atoms with Gasteiger partial charge in [0.25, 0.3) is 0 Å². The van der Waals surface area contributed by atoms with Crippen LogP contribution in [0.3, 0.4) is 0 Å². The van der Waals surface area contributed by atoms with Crippen LogP contribution in [-0.4, -0.2) is 19.6 Å². The zero-order chi connectivity index (χ0) is 12.5. The van der Waals surface area contributed by atoms with Crippen molar-refractivity contribution in [2.75, 3.05) is 0 Å². The van der Waals surface area contributed by atoms with Gasteiger partial charge in [-0.15, -0.1) is 0 Å². The Morgan fingerprint density at radius 2 is 2.06 bits per heavy atom. The van der Waals surface area contributed by atoms with Crippen molar-refractivity contribution < 1.29 is 5.11 Å². The summed E-state index contributed by atoms with van der Waals surface area (Å²) in [4.78, 5) is 8.60. The number of phenols is 1. The number of nitrogens with zero attached hydrogens (tertiary/aromatic N) is 3. The van der Waals surface area contributed by atoms with Gasteiger partial charge in [0.15, 0.2) is 0 Å². The summed E-state index contributed by atoms with van der Waals surface area (Å²) < 4.78 is 2.03. The Labute approximate surface area is 105 Å². The monoisotopic (exact) mass is 239 g/mol. The van der Waals surface area contributed by atoms with Gasteiger partial charge < -0.3 is 9.67 Å². The van der Waals surface area contributed by atoms with Crippen LogP contribution in [0.2, 0.25) is 0 Å². The fourth-order valence-corrected chi connectivity index (χ4v) is 2.09. The van der Waals surface area contributed by atoms with Crippen molar-refractivity contribution in [1.82, 2.24) is 14.5 Å². The molecule has 0 radical (unpaired) electrons. The average molecular weight is 239 g/mol. The zero-order valence-electron chi connectivity index (χ0n) is 10.0. The third-order valence-corrected chi connectivity index (χ3v) is 3.12. The summed E-state index contributed by atoms with van der Waals surface area (Å²) in [5.74, 6) is 1.22. The molecule has 0 saturated heterocycles. The summed E-state index contributed by atoms with van der Waals surface area (Å²) >= 11 is 0. The molecule has 3 aromatic rings. The highest BCUT2D eigenvalue weighted by Crippen LogP contribution is 2.21. The maximum absolute atomic E-state index is 9.79. The van der Waals surface area contributed by atoms with Gasteiger partial charge in [0, 0.05) is 25.2 Å². The highest BCUT2D eigenvalue weighted by atomic mass is 16.3. The minimum atomic E-state index is 0.308. The Morgan fingerprint density at radius 1 is 1.22 bits per heavy atom. The molecule has 0 amide bonds. The molecule has 3 rings (SSSR count). The molecule has 2 heterocycles. The smallest absolute Gasteiger partial charge is 0.119 e. The van der Waals surface area contributed by atoms with Gasteiger partial charge in [0.1, 0.15) is 17.1 Å². The number of hydrogen-bond donors (Lipinski definition) is 1. The van der Waals surface area contributed by atoms with Gasteiger partial charge in [0.2, 0.25) is 0 Å². The number of phenolic OH excluding ortho intramolecular Hbond substituents is 1. The molecule has 4 heteroatoms. The van der Waals surface area contributed by atoms with Gasteiger partial charge in [-0.25, -0.2) is 4.98 Å². The summed E-state index contributed by atoms with van der Waals surface area (Å²) in [6.07, 6.45) is 4.12. The van der Waals surface area contributed by atoms with E-state index in [1.54, 1.807) is 18.5 Å². The first-order chi connectivity index (χ1) is 8.75. The van der Waals surface area contributed by atoms with Crippen LogP contribution in [0, 0.1) is 0 Å². The van der Waals surface area contributed by atoms with Gasteiger partial charge in [-0.2, -0.15) is 0 Å². The standard InChI is InChI=1S/C14H13N3O/c1-17-12-6-7-15-9-11(12)16-14(17)8-10-4-2-3-5-13(10)18/h2-7,9,18H,8H2,1H3. The van der Waals surface area contributed by atoms with Gasteiger partial charge in [-0.3, -0.25) is 4.98 Å². The third kappa shape index (κ3) is 1.72. The average Bonchev–Trinajstić information content (AvgIpc) is 2.70. The minimum absolute atomic E-state index is 0.308. The number of imidazole rings is 1. The maximum atomic E-state index is 9.79. The molecule has 2 aromatic heterocycles. The highest BCUT2D eigenvalue weighted by Gasteiger charge is 2.09. The lowest BCUT2D eigenvalue weighted by Crippen LogP contribution is -1.99. The second-order valence-electron chi connectivity index (χ2n) is 4.26. The van der Waals surface area contributed by atoms with E-state index < -0.39 is 0 Å². The van der Waals surface area contributed by atoms with Crippen LogP contribution in [0.1, 0.15) is 11.4 Å². The highest BCUT2D eigenvalue weighted by molar-refractivity contribution is 5.74. The number of aromatic nitrogens is 3. The first-order valence-corrected chi connectivity index (χ1v) is 5.78. The Morgan fingerprint density at radius 3 is 2.83 bits per heavy atom. The summed E-state index contributed by atoms with van der Waals surface area (Å²) in [5.41, 5.74) is 2.81. The topological polar surface area (TPSA) is 50.9 Å². The Kier molecular flexibility index (Phi) is 2.48. The molecule has 0 saturated carbocycles. The lowest BCUT2D eigenvalue weighted by molar-refractivity contribution is 0.469. The van der Waals surface area contributed by atoms with E-state index in [0.717, 1.165) is 22.4 Å². The van der Waals surface area contributed by atoms with E-state index in [2.05, 4.69) is 9.97 Å². The van der Waals surface area contributed by atoms with E-state index in [0.29, 0.717) is 12.2 Å². The molecule has 0 fully saturated rings. The first kappa shape index (κ1) is 10.8. The quantitative estimate of drug-likeness (QED) is 0.746. The number of aromatic hydroxyl groups is 1. The van der Waals surface area contributed by atoms with Crippen molar-refractivity contribution in [3.05, 3.63) is 54.1 Å². The van der Waals surface area contributed by atoms with Gasteiger partial charge in [0.05, 0.1) is 11.7 Å². The summed E-state index contributed by atoms with van der Waals surface area (Å²) in [6, 6.07) is 9.28. The van der Waals surface area contributed by atoms with E-state index in [9.17, 15) is 5.11 Å². The summed E-state index contributed by atoms with van der Waals surface area (Å²) in [7, 11) is 1.98. The zero-order valence-corrected chi connectivity index (χ0v) is 10.0. The van der Waals surface area contributed by atoms with Crippen molar-refractivity contribution in [2.45, 2.75) is 6.42 Å². The molecule has 4 nitrogen and oxygen atoms in total.